The van der Waals surface area contributed by atoms with Crippen molar-refractivity contribution in [2.45, 2.75) is 38.6 Å². The van der Waals surface area contributed by atoms with E-state index in [4.69, 9.17) is 47.0 Å². The minimum Gasteiger partial charge on any atom is -0.346 e. The predicted molar refractivity (Wildman–Crippen MR) is 92.3 cm³/mol. The van der Waals surface area contributed by atoms with Gasteiger partial charge in [0, 0.05) is 18.3 Å². The molecule has 0 saturated carbocycles. The third-order valence-electron chi connectivity index (χ3n) is 3.59. The van der Waals surface area contributed by atoms with Crippen LogP contribution in [0.15, 0.2) is 12.1 Å². The van der Waals surface area contributed by atoms with Gasteiger partial charge in [0.25, 0.3) is 0 Å². The Morgan fingerprint density at radius 2 is 1.95 bits per heavy atom. The highest BCUT2D eigenvalue weighted by molar-refractivity contribution is 7.80. The molecule has 0 radical (unpaired) electrons. The average Bonchev–Trinajstić information content (AvgIpc) is 2.44. The summed E-state index contributed by atoms with van der Waals surface area (Å²) >= 11 is 23.5. The van der Waals surface area contributed by atoms with Gasteiger partial charge in [-0.25, -0.2) is 0 Å². The SMILES string of the molecule is CCC1CCCCN1C(=S)Nc1cc(Cl)c(Cl)c(Cl)c1. The lowest BCUT2D eigenvalue weighted by Crippen LogP contribution is -2.45. The molecule has 1 aromatic carbocycles. The summed E-state index contributed by atoms with van der Waals surface area (Å²) in [4.78, 5) is 2.26. The lowest BCUT2D eigenvalue weighted by Gasteiger charge is -2.37. The smallest absolute Gasteiger partial charge is 0.173 e. The van der Waals surface area contributed by atoms with E-state index >= 15 is 0 Å². The van der Waals surface area contributed by atoms with Gasteiger partial charge in [0.1, 0.15) is 0 Å². The van der Waals surface area contributed by atoms with Gasteiger partial charge in [-0.2, -0.15) is 0 Å². The normalized spacial score (nSPS) is 19.0. The number of anilines is 1. The van der Waals surface area contributed by atoms with E-state index in [9.17, 15) is 0 Å². The van der Waals surface area contributed by atoms with Gasteiger partial charge < -0.3 is 10.2 Å². The van der Waals surface area contributed by atoms with Gasteiger partial charge in [0.15, 0.2) is 5.11 Å². The number of piperidine rings is 1. The first-order chi connectivity index (χ1) is 9.52. The van der Waals surface area contributed by atoms with E-state index < -0.39 is 0 Å². The summed E-state index contributed by atoms with van der Waals surface area (Å²) in [6.07, 6.45) is 4.75. The van der Waals surface area contributed by atoms with Crippen molar-refractivity contribution in [1.82, 2.24) is 4.90 Å². The summed E-state index contributed by atoms with van der Waals surface area (Å²) in [7, 11) is 0. The van der Waals surface area contributed by atoms with Crippen LogP contribution in [0.3, 0.4) is 0 Å². The van der Waals surface area contributed by atoms with Crippen molar-refractivity contribution in [3.05, 3.63) is 27.2 Å². The summed E-state index contributed by atoms with van der Waals surface area (Å²) < 4.78 is 0. The Morgan fingerprint density at radius 3 is 2.55 bits per heavy atom. The first kappa shape index (κ1) is 16.2. The van der Waals surface area contributed by atoms with E-state index in [1.165, 1.54) is 19.3 Å². The van der Waals surface area contributed by atoms with E-state index in [2.05, 4.69) is 17.1 Å². The molecule has 6 heteroatoms. The Morgan fingerprint density at radius 1 is 1.30 bits per heavy atom. The molecule has 2 nitrogen and oxygen atoms in total. The molecule has 0 aromatic heterocycles. The van der Waals surface area contributed by atoms with E-state index in [-0.39, 0.29) is 0 Å². The molecular formula is C14H17Cl3N2S. The van der Waals surface area contributed by atoms with E-state index in [1.54, 1.807) is 12.1 Å². The summed E-state index contributed by atoms with van der Waals surface area (Å²) in [6, 6.07) is 4.00. The molecule has 1 N–H and O–H groups in total. The van der Waals surface area contributed by atoms with Crippen LogP contribution in [-0.4, -0.2) is 22.6 Å². The lowest BCUT2D eigenvalue weighted by molar-refractivity contribution is 0.239. The highest BCUT2D eigenvalue weighted by Gasteiger charge is 2.23. The second-order valence-electron chi connectivity index (χ2n) is 4.94. The van der Waals surface area contributed by atoms with Crippen LogP contribution in [0, 0.1) is 0 Å². The largest absolute Gasteiger partial charge is 0.346 e. The number of hydrogen-bond donors (Lipinski definition) is 1. The molecule has 1 aliphatic rings. The van der Waals surface area contributed by atoms with Crippen LogP contribution in [0.4, 0.5) is 5.69 Å². The monoisotopic (exact) mass is 350 g/mol. The maximum absolute atomic E-state index is 6.03. The molecule has 0 bridgehead atoms. The highest BCUT2D eigenvalue weighted by Crippen LogP contribution is 2.33. The van der Waals surface area contributed by atoms with Crippen LogP contribution in [0.5, 0.6) is 0 Å². The summed E-state index contributed by atoms with van der Waals surface area (Å²) in [5.41, 5.74) is 0.773. The van der Waals surface area contributed by atoms with Crippen molar-refractivity contribution in [2.75, 3.05) is 11.9 Å². The minimum absolute atomic E-state index is 0.370. The molecule has 1 saturated heterocycles. The summed E-state index contributed by atoms with van der Waals surface area (Å²) in [5, 5.41) is 5.16. The number of nitrogens with zero attached hydrogens (tertiary/aromatic N) is 1. The molecular weight excluding hydrogens is 335 g/mol. The molecule has 1 fully saturated rings. The molecule has 0 aliphatic carbocycles. The molecule has 1 unspecified atom stereocenters. The standard InChI is InChI=1S/C14H17Cl3N2S/c1-2-10-5-3-4-6-19(10)14(20)18-9-7-11(15)13(17)12(16)8-9/h7-8,10H,2-6H2,1H3,(H,18,20). The molecule has 1 aromatic rings. The van der Waals surface area contributed by atoms with E-state index in [0.717, 1.165) is 23.8 Å². The Labute approximate surface area is 140 Å². The second-order valence-corrected chi connectivity index (χ2v) is 6.51. The van der Waals surface area contributed by atoms with Crippen LogP contribution in [-0.2, 0) is 0 Å². The average molecular weight is 352 g/mol. The first-order valence-corrected chi connectivity index (χ1v) is 8.29. The molecule has 1 aliphatic heterocycles. The van der Waals surface area contributed by atoms with Gasteiger partial charge in [-0.05, 0) is 50.0 Å². The third kappa shape index (κ3) is 3.70. The second kappa shape index (κ2) is 7.17. The van der Waals surface area contributed by atoms with Crippen LogP contribution in [0.2, 0.25) is 15.1 Å². The van der Waals surface area contributed by atoms with Gasteiger partial charge in [0.2, 0.25) is 0 Å². The molecule has 110 valence electrons. The zero-order valence-corrected chi connectivity index (χ0v) is 14.3. The predicted octanol–water partition coefficient (Wildman–Crippen LogP) is 5.61. The Hall–Kier alpha value is -0.220. The Bertz CT molecular complexity index is 484. The van der Waals surface area contributed by atoms with Crippen molar-refractivity contribution in [3.8, 4) is 0 Å². The van der Waals surface area contributed by atoms with Crippen LogP contribution < -0.4 is 5.32 Å². The fraction of sp³-hybridized carbons (Fsp3) is 0.500. The van der Waals surface area contributed by atoms with Crippen molar-refractivity contribution in [1.29, 1.82) is 0 Å². The number of thiocarbonyl (C=S) groups is 1. The van der Waals surface area contributed by atoms with Crippen LogP contribution >= 0.6 is 47.0 Å². The maximum Gasteiger partial charge on any atom is 0.173 e. The van der Waals surface area contributed by atoms with Gasteiger partial charge in [-0.1, -0.05) is 41.7 Å². The Balaban J connectivity index is 2.11. The zero-order chi connectivity index (χ0) is 14.7. The van der Waals surface area contributed by atoms with Crippen molar-refractivity contribution >= 4 is 57.8 Å². The van der Waals surface area contributed by atoms with Gasteiger partial charge in [0.05, 0.1) is 15.1 Å². The van der Waals surface area contributed by atoms with Crippen LogP contribution in [0.1, 0.15) is 32.6 Å². The molecule has 2 rings (SSSR count). The molecule has 0 amide bonds. The number of rotatable bonds is 2. The van der Waals surface area contributed by atoms with E-state index in [1.807, 2.05) is 0 Å². The lowest BCUT2D eigenvalue weighted by atomic mass is 10.0. The Kier molecular flexibility index (Phi) is 5.79. The van der Waals surface area contributed by atoms with Crippen molar-refractivity contribution in [3.63, 3.8) is 0 Å². The first-order valence-electron chi connectivity index (χ1n) is 6.75. The quantitative estimate of drug-likeness (QED) is 0.551. The fourth-order valence-electron chi connectivity index (χ4n) is 2.52. The number of nitrogens with one attached hydrogen (secondary N) is 1. The van der Waals surface area contributed by atoms with Gasteiger partial charge in [-0.3, -0.25) is 0 Å². The summed E-state index contributed by atoms with van der Waals surface area (Å²) in [5.74, 6) is 0. The molecule has 1 atom stereocenters. The molecule has 0 spiro atoms. The van der Waals surface area contributed by atoms with Crippen LogP contribution in [0.25, 0.3) is 0 Å². The van der Waals surface area contributed by atoms with E-state index in [0.29, 0.717) is 21.1 Å². The number of benzene rings is 1. The molecule has 20 heavy (non-hydrogen) atoms. The number of halogens is 3. The maximum atomic E-state index is 6.03. The van der Waals surface area contributed by atoms with Gasteiger partial charge >= 0.3 is 0 Å². The molecule has 1 heterocycles. The fourth-order valence-corrected chi connectivity index (χ4v) is 3.47. The summed E-state index contributed by atoms with van der Waals surface area (Å²) in [6.45, 7) is 3.20. The van der Waals surface area contributed by atoms with Gasteiger partial charge in [-0.15, -0.1) is 0 Å². The van der Waals surface area contributed by atoms with Crippen molar-refractivity contribution < 1.29 is 0 Å². The minimum atomic E-state index is 0.370. The highest BCUT2D eigenvalue weighted by atomic mass is 35.5. The number of likely N-dealkylation sites (tertiary alicyclic amines) is 1. The number of hydrogen-bond acceptors (Lipinski definition) is 1. The van der Waals surface area contributed by atoms with Crippen molar-refractivity contribution in [2.24, 2.45) is 0 Å². The third-order valence-corrected chi connectivity index (χ3v) is 5.13. The topological polar surface area (TPSA) is 15.3 Å². The zero-order valence-electron chi connectivity index (χ0n) is 11.3.